The van der Waals surface area contributed by atoms with E-state index in [2.05, 4.69) is 5.32 Å². The SMILES string of the molecule is Cc1ccccc1S(=O)(=O)NC(=O)N[C@@H](Cc1ccccc1)C(=O)N1CCc2cc(S(=O)(=O)N(C)C)ccc21. The number of rotatable bonds is 8. The van der Waals surface area contributed by atoms with Gasteiger partial charge in [-0.25, -0.2) is 30.7 Å². The quantitative estimate of drug-likeness (QED) is 0.428. The zero-order valence-electron chi connectivity index (χ0n) is 21.8. The molecule has 0 aromatic heterocycles. The van der Waals surface area contributed by atoms with E-state index in [0.717, 1.165) is 9.87 Å². The van der Waals surface area contributed by atoms with Crippen molar-refractivity contribution in [3.63, 3.8) is 0 Å². The lowest BCUT2D eigenvalue weighted by atomic mass is 10.0. The van der Waals surface area contributed by atoms with Gasteiger partial charge in [-0.2, -0.15) is 0 Å². The summed E-state index contributed by atoms with van der Waals surface area (Å²) in [6.45, 7) is 1.91. The number of nitrogens with zero attached hydrogens (tertiary/aromatic N) is 2. The Balaban J connectivity index is 1.59. The number of amides is 3. The van der Waals surface area contributed by atoms with Crippen molar-refractivity contribution in [2.75, 3.05) is 25.5 Å². The molecule has 206 valence electrons. The van der Waals surface area contributed by atoms with E-state index >= 15 is 0 Å². The highest BCUT2D eigenvalue weighted by Gasteiger charge is 2.33. The molecule has 0 saturated heterocycles. The van der Waals surface area contributed by atoms with E-state index in [-0.39, 0.29) is 22.8 Å². The second-order valence-electron chi connectivity index (χ2n) is 9.40. The minimum atomic E-state index is -4.18. The summed E-state index contributed by atoms with van der Waals surface area (Å²) < 4.78 is 53.9. The standard InChI is InChI=1S/C27H30N4O6S2/c1-19-9-7-8-12-25(19)38(34,35)29-27(33)28-23(17-20-10-5-4-6-11-20)26(32)31-16-15-21-18-22(13-14-24(21)31)39(36,37)30(2)3/h4-14,18,23H,15-17H2,1-3H3,(H2,28,29,33)/t23-/m0/s1. The van der Waals surface area contributed by atoms with Gasteiger partial charge >= 0.3 is 6.03 Å². The Morgan fingerprint density at radius 2 is 1.62 bits per heavy atom. The monoisotopic (exact) mass is 570 g/mol. The van der Waals surface area contributed by atoms with Crippen molar-refractivity contribution in [2.45, 2.75) is 35.6 Å². The van der Waals surface area contributed by atoms with E-state index in [0.29, 0.717) is 23.2 Å². The minimum Gasteiger partial charge on any atom is -0.325 e. The normalized spacial score (nSPS) is 14.1. The molecule has 1 aliphatic rings. The Kier molecular flexibility index (Phi) is 8.09. The van der Waals surface area contributed by atoms with Crippen molar-refractivity contribution in [3.05, 3.63) is 89.5 Å². The molecule has 1 heterocycles. The number of sulfonamides is 2. The van der Waals surface area contributed by atoms with E-state index in [1.807, 2.05) is 10.8 Å². The van der Waals surface area contributed by atoms with Gasteiger partial charge in [0.15, 0.2) is 0 Å². The second kappa shape index (κ2) is 11.2. The number of aryl methyl sites for hydroxylation is 1. The van der Waals surface area contributed by atoms with Crippen LogP contribution >= 0.6 is 0 Å². The van der Waals surface area contributed by atoms with Gasteiger partial charge in [0.05, 0.1) is 9.79 Å². The fourth-order valence-electron chi connectivity index (χ4n) is 4.44. The summed E-state index contributed by atoms with van der Waals surface area (Å²) in [5.41, 5.74) is 2.48. The van der Waals surface area contributed by atoms with Crippen LogP contribution < -0.4 is 14.9 Å². The van der Waals surface area contributed by atoms with Gasteiger partial charge in [-0.3, -0.25) is 4.79 Å². The van der Waals surface area contributed by atoms with Crippen LogP contribution in [0.25, 0.3) is 0 Å². The average molecular weight is 571 g/mol. The Labute approximate surface area is 228 Å². The summed E-state index contributed by atoms with van der Waals surface area (Å²) in [6.07, 6.45) is 0.556. The van der Waals surface area contributed by atoms with E-state index in [1.165, 1.54) is 31.1 Å². The summed E-state index contributed by atoms with van der Waals surface area (Å²) in [6, 6.07) is 17.8. The predicted octanol–water partition coefficient (Wildman–Crippen LogP) is 2.43. The van der Waals surface area contributed by atoms with Gasteiger partial charge in [-0.15, -0.1) is 0 Å². The largest absolute Gasteiger partial charge is 0.329 e. The number of fused-ring (bicyclic) bond motifs is 1. The third-order valence-corrected chi connectivity index (χ3v) is 9.79. The van der Waals surface area contributed by atoms with Gasteiger partial charge in [0.25, 0.3) is 10.0 Å². The first-order valence-corrected chi connectivity index (χ1v) is 15.1. The molecule has 0 saturated carbocycles. The van der Waals surface area contributed by atoms with E-state index in [1.54, 1.807) is 61.5 Å². The molecule has 0 fully saturated rings. The fraction of sp³-hybridized carbons (Fsp3) is 0.259. The predicted molar refractivity (Wildman–Crippen MR) is 147 cm³/mol. The van der Waals surface area contributed by atoms with E-state index < -0.39 is 38.0 Å². The summed E-state index contributed by atoms with van der Waals surface area (Å²) in [5.74, 6) is -0.441. The van der Waals surface area contributed by atoms with Gasteiger partial charge in [-0.1, -0.05) is 48.5 Å². The van der Waals surface area contributed by atoms with Crippen molar-refractivity contribution in [3.8, 4) is 0 Å². The maximum Gasteiger partial charge on any atom is 0.329 e. The molecular formula is C27H30N4O6S2. The van der Waals surface area contributed by atoms with Gasteiger partial charge < -0.3 is 10.2 Å². The number of carbonyl (C=O) groups excluding carboxylic acids is 2. The Morgan fingerprint density at radius 3 is 2.28 bits per heavy atom. The maximum absolute atomic E-state index is 13.7. The molecule has 2 N–H and O–H groups in total. The van der Waals surface area contributed by atoms with Gasteiger partial charge in [0.1, 0.15) is 6.04 Å². The zero-order valence-corrected chi connectivity index (χ0v) is 23.4. The topological polar surface area (TPSA) is 133 Å². The molecule has 1 aliphatic heterocycles. The second-order valence-corrected chi connectivity index (χ2v) is 13.2. The molecule has 0 aliphatic carbocycles. The smallest absolute Gasteiger partial charge is 0.325 e. The lowest BCUT2D eigenvalue weighted by molar-refractivity contribution is -0.120. The number of carbonyl (C=O) groups is 2. The molecule has 12 heteroatoms. The Bertz CT molecular complexity index is 1610. The molecule has 10 nitrogen and oxygen atoms in total. The molecule has 3 amide bonds. The van der Waals surface area contributed by atoms with Crippen LogP contribution in [0.1, 0.15) is 16.7 Å². The summed E-state index contributed by atoms with van der Waals surface area (Å²) >= 11 is 0. The van der Waals surface area contributed by atoms with Crippen LogP contribution in [0.15, 0.2) is 82.6 Å². The number of benzene rings is 3. The Hall–Kier alpha value is -3.74. The highest BCUT2D eigenvalue weighted by Crippen LogP contribution is 2.31. The molecule has 3 aromatic carbocycles. The first kappa shape index (κ1) is 28.3. The fourth-order valence-corrected chi connectivity index (χ4v) is 6.55. The van der Waals surface area contributed by atoms with Crippen molar-refractivity contribution in [1.29, 1.82) is 0 Å². The van der Waals surface area contributed by atoms with Crippen LogP contribution in [-0.4, -0.2) is 59.8 Å². The van der Waals surface area contributed by atoms with Crippen molar-refractivity contribution in [1.82, 2.24) is 14.3 Å². The lowest BCUT2D eigenvalue weighted by Crippen LogP contribution is -2.53. The summed E-state index contributed by atoms with van der Waals surface area (Å²) in [5, 5.41) is 2.55. The van der Waals surface area contributed by atoms with Crippen LogP contribution in [-0.2, 0) is 37.7 Å². The molecule has 0 radical (unpaired) electrons. The molecule has 0 bridgehead atoms. The van der Waals surface area contributed by atoms with Crippen molar-refractivity contribution >= 4 is 37.7 Å². The maximum atomic E-state index is 13.7. The molecule has 4 rings (SSSR count). The molecule has 0 unspecified atom stereocenters. The van der Waals surface area contributed by atoms with Crippen molar-refractivity contribution < 1.29 is 26.4 Å². The number of urea groups is 1. The Morgan fingerprint density at radius 1 is 0.949 bits per heavy atom. The first-order valence-electron chi connectivity index (χ1n) is 12.2. The van der Waals surface area contributed by atoms with Crippen LogP contribution in [0.2, 0.25) is 0 Å². The van der Waals surface area contributed by atoms with Gasteiger partial charge in [-0.05, 0) is 54.3 Å². The zero-order chi connectivity index (χ0) is 28.4. The number of nitrogens with one attached hydrogen (secondary N) is 2. The summed E-state index contributed by atoms with van der Waals surface area (Å²) in [4.78, 5) is 28.2. The third kappa shape index (κ3) is 6.13. The average Bonchev–Trinajstić information content (AvgIpc) is 3.31. The van der Waals surface area contributed by atoms with Crippen molar-refractivity contribution in [2.24, 2.45) is 0 Å². The van der Waals surface area contributed by atoms with E-state index in [4.69, 9.17) is 0 Å². The molecule has 1 atom stereocenters. The molecule has 39 heavy (non-hydrogen) atoms. The molecular weight excluding hydrogens is 540 g/mol. The van der Waals surface area contributed by atoms with Crippen LogP contribution in [0.4, 0.5) is 10.5 Å². The summed E-state index contributed by atoms with van der Waals surface area (Å²) in [7, 11) is -4.93. The third-order valence-electron chi connectivity index (χ3n) is 6.49. The lowest BCUT2D eigenvalue weighted by Gasteiger charge is -2.25. The number of hydrogen-bond donors (Lipinski definition) is 2. The van der Waals surface area contributed by atoms with Gasteiger partial charge in [0.2, 0.25) is 15.9 Å². The van der Waals surface area contributed by atoms with Crippen LogP contribution in [0.3, 0.4) is 0 Å². The highest BCUT2D eigenvalue weighted by molar-refractivity contribution is 7.90. The first-order chi connectivity index (χ1) is 18.4. The highest BCUT2D eigenvalue weighted by atomic mass is 32.2. The van der Waals surface area contributed by atoms with Crippen LogP contribution in [0, 0.1) is 6.92 Å². The minimum absolute atomic E-state index is 0.0389. The van der Waals surface area contributed by atoms with E-state index in [9.17, 15) is 26.4 Å². The molecule has 3 aromatic rings. The number of anilines is 1. The number of hydrogen-bond acceptors (Lipinski definition) is 6. The van der Waals surface area contributed by atoms with Gasteiger partial charge in [0, 0.05) is 32.7 Å². The van der Waals surface area contributed by atoms with Crippen LogP contribution in [0.5, 0.6) is 0 Å². The molecule has 0 spiro atoms.